The summed E-state index contributed by atoms with van der Waals surface area (Å²) in [7, 11) is 1.70. The van der Waals surface area contributed by atoms with E-state index >= 15 is 0 Å². The Bertz CT molecular complexity index is 1010. The summed E-state index contributed by atoms with van der Waals surface area (Å²) in [5.41, 5.74) is 1.41. The van der Waals surface area contributed by atoms with E-state index in [0.717, 1.165) is 16.4 Å². The Morgan fingerprint density at radius 1 is 1.39 bits per heavy atom. The number of aliphatic imine (C=N–C) groups is 1. The van der Waals surface area contributed by atoms with E-state index < -0.39 is 0 Å². The Kier molecular flexibility index (Phi) is 6.41. The summed E-state index contributed by atoms with van der Waals surface area (Å²) in [6.45, 7) is 4.61. The minimum absolute atomic E-state index is 0.114. The number of amides is 1. The SMILES string of the molecule is CCC=CC(=NC)N(C(=O)c1ccn2ncc(Br)c2c1)C(C)Cn1cccn1. The fraction of sp³-hybridized carbons (Fsp3) is 0.300. The number of pyridine rings is 1. The fourth-order valence-corrected chi connectivity index (χ4v) is 3.39. The molecule has 0 aromatic carbocycles. The van der Waals surface area contributed by atoms with Gasteiger partial charge in [0.25, 0.3) is 5.91 Å². The van der Waals surface area contributed by atoms with Crippen LogP contribution >= 0.6 is 15.9 Å². The maximum atomic E-state index is 13.5. The second kappa shape index (κ2) is 8.97. The van der Waals surface area contributed by atoms with E-state index in [1.807, 2.05) is 49.0 Å². The van der Waals surface area contributed by atoms with Crippen LogP contribution in [0.15, 0.2) is 64.6 Å². The molecule has 0 saturated carbocycles. The highest BCUT2D eigenvalue weighted by Crippen LogP contribution is 2.20. The summed E-state index contributed by atoms with van der Waals surface area (Å²) in [6, 6.07) is 5.34. The van der Waals surface area contributed by atoms with Gasteiger partial charge in [-0.15, -0.1) is 0 Å². The molecule has 3 rings (SSSR count). The van der Waals surface area contributed by atoms with Gasteiger partial charge in [0.2, 0.25) is 0 Å². The van der Waals surface area contributed by atoms with Gasteiger partial charge in [0.1, 0.15) is 5.84 Å². The second-order valence-corrected chi connectivity index (χ2v) is 7.24. The molecule has 1 atom stereocenters. The molecule has 146 valence electrons. The van der Waals surface area contributed by atoms with Crippen LogP contribution in [-0.4, -0.2) is 49.1 Å². The van der Waals surface area contributed by atoms with Gasteiger partial charge in [-0.25, -0.2) is 4.52 Å². The normalized spacial score (nSPS) is 13.4. The van der Waals surface area contributed by atoms with Crippen LogP contribution in [0.2, 0.25) is 0 Å². The predicted octanol–water partition coefficient (Wildman–Crippen LogP) is 3.82. The molecule has 0 fully saturated rings. The van der Waals surface area contributed by atoms with Crippen LogP contribution in [-0.2, 0) is 6.54 Å². The molecule has 8 heteroatoms. The van der Waals surface area contributed by atoms with Crippen molar-refractivity contribution in [2.45, 2.75) is 32.9 Å². The van der Waals surface area contributed by atoms with Gasteiger partial charge in [-0.1, -0.05) is 13.0 Å². The topological polar surface area (TPSA) is 67.8 Å². The summed E-state index contributed by atoms with van der Waals surface area (Å²) >= 11 is 3.48. The van der Waals surface area contributed by atoms with Gasteiger partial charge in [0.15, 0.2) is 0 Å². The van der Waals surface area contributed by atoms with Crippen LogP contribution in [0.3, 0.4) is 0 Å². The fourth-order valence-electron chi connectivity index (χ4n) is 3.00. The lowest BCUT2D eigenvalue weighted by atomic mass is 10.1. The van der Waals surface area contributed by atoms with Crippen molar-refractivity contribution in [1.29, 1.82) is 0 Å². The molecule has 7 nitrogen and oxygen atoms in total. The Hall–Kier alpha value is -2.74. The third-order valence-electron chi connectivity index (χ3n) is 4.37. The lowest BCUT2D eigenvalue weighted by Crippen LogP contribution is -2.44. The molecule has 0 saturated heterocycles. The molecular weight excluding hydrogens is 420 g/mol. The van der Waals surface area contributed by atoms with Crippen LogP contribution in [0.25, 0.3) is 5.52 Å². The molecular formula is C20H23BrN6O. The molecule has 3 heterocycles. The minimum atomic E-state index is -0.141. The largest absolute Gasteiger partial charge is 0.288 e. The number of fused-ring (bicyclic) bond motifs is 1. The maximum Gasteiger partial charge on any atom is 0.259 e. The Morgan fingerprint density at radius 2 is 2.21 bits per heavy atom. The molecule has 1 unspecified atom stereocenters. The first-order chi connectivity index (χ1) is 13.5. The van der Waals surface area contributed by atoms with Gasteiger partial charge in [-0.2, -0.15) is 10.2 Å². The van der Waals surface area contributed by atoms with Gasteiger partial charge in [-0.05, 0) is 53.5 Å². The zero-order valence-electron chi connectivity index (χ0n) is 16.2. The van der Waals surface area contributed by atoms with Gasteiger partial charge in [-0.3, -0.25) is 19.4 Å². The lowest BCUT2D eigenvalue weighted by Gasteiger charge is -2.29. The monoisotopic (exact) mass is 442 g/mol. The average molecular weight is 443 g/mol. The molecule has 0 spiro atoms. The molecule has 0 aliphatic heterocycles. The van der Waals surface area contributed by atoms with Crippen molar-refractivity contribution in [3.8, 4) is 0 Å². The standard InChI is InChI=1S/C20H23BrN6O/c1-4-5-7-19(22-3)27(15(2)14-25-10-6-9-23-25)20(28)16-8-11-26-18(12-16)17(21)13-24-26/h5-13,15H,4,14H2,1-3H3. The first kappa shape index (κ1) is 20.0. The van der Waals surface area contributed by atoms with E-state index in [1.165, 1.54) is 0 Å². The van der Waals surface area contributed by atoms with Crippen LogP contribution in [0.5, 0.6) is 0 Å². The van der Waals surface area contributed by atoms with Crippen molar-refractivity contribution in [2.24, 2.45) is 4.99 Å². The summed E-state index contributed by atoms with van der Waals surface area (Å²) < 4.78 is 4.39. The molecule has 0 aliphatic carbocycles. The predicted molar refractivity (Wildman–Crippen MR) is 114 cm³/mol. The highest BCUT2D eigenvalue weighted by Gasteiger charge is 2.26. The highest BCUT2D eigenvalue weighted by atomic mass is 79.9. The number of amidine groups is 1. The average Bonchev–Trinajstić information content (AvgIpc) is 3.34. The minimum Gasteiger partial charge on any atom is -0.288 e. The lowest BCUT2D eigenvalue weighted by molar-refractivity contribution is 0.0800. The molecule has 3 aromatic heterocycles. The molecule has 28 heavy (non-hydrogen) atoms. The van der Waals surface area contributed by atoms with Crippen molar-refractivity contribution < 1.29 is 4.79 Å². The third-order valence-corrected chi connectivity index (χ3v) is 4.98. The van der Waals surface area contributed by atoms with Crippen LogP contribution in [0.4, 0.5) is 0 Å². The second-order valence-electron chi connectivity index (χ2n) is 6.38. The number of aromatic nitrogens is 4. The summed E-state index contributed by atoms with van der Waals surface area (Å²) in [5, 5.41) is 8.51. The van der Waals surface area contributed by atoms with Gasteiger partial charge in [0.05, 0.1) is 28.8 Å². The first-order valence-electron chi connectivity index (χ1n) is 9.12. The number of carbonyl (C=O) groups excluding carboxylic acids is 1. The number of hydrogen-bond acceptors (Lipinski definition) is 4. The number of allylic oxidation sites excluding steroid dienone is 1. The van der Waals surface area contributed by atoms with E-state index in [0.29, 0.717) is 17.9 Å². The van der Waals surface area contributed by atoms with Gasteiger partial charge < -0.3 is 0 Å². The maximum absolute atomic E-state index is 13.5. The zero-order valence-corrected chi connectivity index (χ0v) is 17.7. The van der Waals surface area contributed by atoms with Gasteiger partial charge >= 0.3 is 0 Å². The number of halogens is 1. The molecule has 0 N–H and O–H groups in total. The van der Waals surface area contributed by atoms with E-state index in [-0.39, 0.29) is 11.9 Å². The Balaban J connectivity index is 1.98. The number of carbonyl (C=O) groups is 1. The molecule has 3 aromatic rings. The van der Waals surface area contributed by atoms with Crippen LogP contribution in [0, 0.1) is 0 Å². The first-order valence-corrected chi connectivity index (χ1v) is 9.91. The van der Waals surface area contributed by atoms with E-state index in [2.05, 4.69) is 31.1 Å². The molecule has 0 aliphatic rings. The van der Waals surface area contributed by atoms with Crippen LogP contribution < -0.4 is 0 Å². The van der Waals surface area contributed by atoms with Crippen molar-refractivity contribution in [3.63, 3.8) is 0 Å². The third kappa shape index (κ3) is 4.22. The zero-order chi connectivity index (χ0) is 20.1. The number of nitrogens with zero attached hydrogens (tertiary/aromatic N) is 6. The molecule has 1 amide bonds. The summed E-state index contributed by atoms with van der Waals surface area (Å²) in [4.78, 5) is 19.6. The highest BCUT2D eigenvalue weighted by molar-refractivity contribution is 9.10. The van der Waals surface area contributed by atoms with Crippen LogP contribution in [0.1, 0.15) is 30.6 Å². The van der Waals surface area contributed by atoms with Crippen molar-refractivity contribution in [1.82, 2.24) is 24.3 Å². The van der Waals surface area contributed by atoms with E-state index in [4.69, 9.17) is 0 Å². The molecule has 0 radical (unpaired) electrons. The van der Waals surface area contributed by atoms with E-state index in [1.54, 1.807) is 41.1 Å². The summed E-state index contributed by atoms with van der Waals surface area (Å²) in [5.74, 6) is 0.510. The van der Waals surface area contributed by atoms with Crippen molar-refractivity contribution in [3.05, 3.63) is 65.2 Å². The van der Waals surface area contributed by atoms with Gasteiger partial charge in [0, 0.05) is 31.2 Å². The Labute approximate surface area is 172 Å². The Morgan fingerprint density at radius 3 is 2.89 bits per heavy atom. The molecule has 0 bridgehead atoms. The van der Waals surface area contributed by atoms with Crippen molar-refractivity contribution >= 4 is 33.2 Å². The quantitative estimate of drug-likeness (QED) is 0.430. The summed E-state index contributed by atoms with van der Waals surface area (Å²) in [6.07, 6.45) is 11.9. The smallest absolute Gasteiger partial charge is 0.259 e. The van der Waals surface area contributed by atoms with Crippen molar-refractivity contribution in [2.75, 3.05) is 7.05 Å². The van der Waals surface area contributed by atoms with E-state index in [9.17, 15) is 4.79 Å². The number of hydrogen-bond donors (Lipinski definition) is 0. The number of rotatable bonds is 6.